The van der Waals surface area contributed by atoms with Crippen LogP contribution >= 0.6 is 11.8 Å². The van der Waals surface area contributed by atoms with Gasteiger partial charge in [-0.25, -0.2) is 4.39 Å². The molecule has 0 saturated heterocycles. The molecular formula is C23H18FN3O3S. The second-order valence-electron chi connectivity index (χ2n) is 6.91. The highest BCUT2D eigenvalue weighted by atomic mass is 32.2. The Labute approximate surface area is 181 Å². The van der Waals surface area contributed by atoms with E-state index in [0.717, 1.165) is 21.4 Å². The molecule has 4 rings (SSSR count). The molecule has 3 aromatic carbocycles. The van der Waals surface area contributed by atoms with E-state index in [9.17, 15) is 19.3 Å². The number of anilines is 1. The molecule has 0 saturated carbocycles. The van der Waals surface area contributed by atoms with Crippen molar-refractivity contribution in [3.63, 3.8) is 0 Å². The first-order chi connectivity index (χ1) is 15.0. The van der Waals surface area contributed by atoms with E-state index in [-0.39, 0.29) is 23.2 Å². The number of thioether (sulfide) groups is 1. The molecule has 0 aliphatic carbocycles. The molecule has 0 bridgehead atoms. The van der Waals surface area contributed by atoms with Crippen LogP contribution in [0.5, 0.6) is 0 Å². The number of fused-ring (bicyclic) bond motifs is 1. The Morgan fingerprint density at radius 3 is 2.58 bits per heavy atom. The van der Waals surface area contributed by atoms with Crippen LogP contribution in [0.4, 0.5) is 15.8 Å². The summed E-state index contributed by atoms with van der Waals surface area (Å²) in [5, 5.41) is 14.5. The van der Waals surface area contributed by atoms with Crippen molar-refractivity contribution in [1.29, 1.82) is 0 Å². The lowest BCUT2D eigenvalue weighted by Crippen LogP contribution is -2.13. The predicted octanol–water partition coefficient (Wildman–Crippen LogP) is 5.47. The van der Waals surface area contributed by atoms with Crippen LogP contribution in [0.25, 0.3) is 10.9 Å². The van der Waals surface area contributed by atoms with Gasteiger partial charge in [0.2, 0.25) is 5.91 Å². The molecule has 156 valence electrons. The highest BCUT2D eigenvalue weighted by Crippen LogP contribution is 2.30. The number of non-ortho nitro benzene ring substituents is 1. The van der Waals surface area contributed by atoms with Crippen LogP contribution in [-0.2, 0) is 11.3 Å². The summed E-state index contributed by atoms with van der Waals surface area (Å²) in [5.74, 6) is -0.294. The van der Waals surface area contributed by atoms with E-state index < -0.39 is 4.92 Å². The van der Waals surface area contributed by atoms with E-state index in [4.69, 9.17) is 0 Å². The second-order valence-corrected chi connectivity index (χ2v) is 7.93. The normalized spacial score (nSPS) is 10.9. The molecule has 6 nitrogen and oxygen atoms in total. The molecule has 0 radical (unpaired) electrons. The summed E-state index contributed by atoms with van der Waals surface area (Å²) in [6.45, 7) is 0.522. The number of carbonyl (C=O) groups excluding carboxylic acids is 1. The van der Waals surface area contributed by atoms with Gasteiger partial charge in [0.25, 0.3) is 5.69 Å². The number of halogens is 1. The highest BCUT2D eigenvalue weighted by Gasteiger charge is 2.12. The van der Waals surface area contributed by atoms with E-state index in [1.165, 1.54) is 48.2 Å². The molecule has 31 heavy (non-hydrogen) atoms. The monoisotopic (exact) mass is 435 g/mol. The zero-order valence-electron chi connectivity index (χ0n) is 16.3. The topological polar surface area (TPSA) is 77.2 Å². The first kappa shape index (κ1) is 20.6. The third-order valence-electron chi connectivity index (χ3n) is 4.71. The van der Waals surface area contributed by atoms with Gasteiger partial charge in [-0.15, -0.1) is 11.8 Å². The highest BCUT2D eigenvalue weighted by molar-refractivity contribution is 8.00. The van der Waals surface area contributed by atoms with Crippen LogP contribution in [0.1, 0.15) is 5.56 Å². The summed E-state index contributed by atoms with van der Waals surface area (Å²) in [7, 11) is 0. The van der Waals surface area contributed by atoms with Crippen molar-refractivity contribution >= 4 is 39.9 Å². The zero-order chi connectivity index (χ0) is 21.8. The van der Waals surface area contributed by atoms with Crippen molar-refractivity contribution in [2.45, 2.75) is 11.4 Å². The number of benzene rings is 3. The number of aromatic nitrogens is 1. The molecule has 0 atom stereocenters. The SMILES string of the molecule is O=C(CSc1cn(Cc2cccc(F)c2)c2ccccc12)Nc1ccc([N+](=O)[O-])cc1. The van der Waals surface area contributed by atoms with Crippen molar-refractivity contribution in [3.8, 4) is 0 Å². The molecule has 8 heteroatoms. The van der Waals surface area contributed by atoms with Gasteiger partial charge in [0, 0.05) is 46.4 Å². The molecule has 4 aromatic rings. The number of nitro groups is 1. The molecular weight excluding hydrogens is 417 g/mol. The number of carbonyl (C=O) groups is 1. The summed E-state index contributed by atoms with van der Waals surface area (Å²) in [6.07, 6.45) is 1.97. The number of hydrogen-bond donors (Lipinski definition) is 1. The number of nitro benzene ring substituents is 1. The summed E-state index contributed by atoms with van der Waals surface area (Å²) in [5.41, 5.74) is 2.33. The van der Waals surface area contributed by atoms with E-state index in [2.05, 4.69) is 5.32 Å². The number of para-hydroxylation sites is 1. The molecule has 0 fully saturated rings. The van der Waals surface area contributed by atoms with Crippen molar-refractivity contribution in [2.24, 2.45) is 0 Å². The third kappa shape index (κ3) is 4.92. The lowest BCUT2D eigenvalue weighted by atomic mass is 10.2. The number of rotatable bonds is 7. The summed E-state index contributed by atoms with van der Waals surface area (Å²) >= 11 is 1.40. The molecule has 1 amide bonds. The minimum absolute atomic E-state index is 0.0292. The lowest BCUT2D eigenvalue weighted by molar-refractivity contribution is -0.384. The van der Waals surface area contributed by atoms with Crippen LogP contribution in [0.3, 0.4) is 0 Å². The Kier molecular flexibility index (Phi) is 5.99. The number of nitrogens with zero attached hydrogens (tertiary/aromatic N) is 2. The van der Waals surface area contributed by atoms with Gasteiger partial charge in [-0.2, -0.15) is 0 Å². The third-order valence-corrected chi connectivity index (χ3v) is 5.76. The molecule has 1 aromatic heterocycles. The average Bonchev–Trinajstić information content (AvgIpc) is 3.10. The Morgan fingerprint density at radius 1 is 1.06 bits per heavy atom. The Bertz CT molecular complexity index is 1250. The van der Waals surface area contributed by atoms with Crippen LogP contribution in [0.15, 0.2) is 83.9 Å². The Hall–Kier alpha value is -3.65. The zero-order valence-corrected chi connectivity index (χ0v) is 17.1. The first-order valence-electron chi connectivity index (χ1n) is 9.49. The number of nitrogens with one attached hydrogen (secondary N) is 1. The van der Waals surface area contributed by atoms with Gasteiger partial charge < -0.3 is 9.88 Å². The minimum atomic E-state index is -0.485. The minimum Gasteiger partial charge on any atom is -0.342 e. The molecule has 1 heterocycles. The second kappa shape index (κ2) is 9.01. The van der Waals surface area contributed by atoms with Crippen LogP contribution in [-0.4, -0.2) is 21.2 Å². The van der Waals surface area contributed by atoms with Gasteiger partial charge in [-0.1, -0.05) is 30.3 Å². The number of amides is 1. The standard InChI is InChI=1S/C23H18FN3O3S/c24-17-5-3-4-16(12-17)13-26-14-22(20-6-1-2-7-21(20)26)31-15-23(28)25-18-8-10-19(11-9-18)27(29)30/h1-12,14H,13,15H2,(H,25,28). The smallest absolute Gasteiger partial charge is 0.269 e. The van der Waals surface area contributed by atoms with Crippen LogP contribution in [0, 0.1) is 15.9 Å². The van der Waals surface area contributed by atoms with Crippen molar-refractivity contribution in [1.82, 2.24) is 4.57 Å². The largest absolute Gasteiger partial charge is 0.342 e. The molecule has 0 spiro atoms. The summed E-state index contributed by atoms with van der Waals surface area (Å²) in [4.78, 5) is 23.6. The summed E-state index contributed by atoms with van der Waals surface area (Å²) in [6, 6.07) is 20.1. The summed E-state index contributed by atoms with van der Waals surface area (Å²) < 4.78 is 15.6. The van der Waals surface area contributed by atoms with Gasteiger partial charge in [0.1, 0.15) is 5.82 Å². The Balaban J connectivity index is 1.47. The molecule has 0 aliphatic heterocycles. The van der Waals surface area contributed by atoms with Gasteiger partial charge >= 0.3 is 0 Å². The molecule has 0 unspecified atom stereocenters. The lowest BCUT2D eigenvalue weighted by Gasteiger charge is -2.05. The molecule has 0 aliphatic rings. The van der Waals surface area contributed by atoms with E-state index >= 15 is 0 Å². The fourth-order valence-electron chi connectivity index (χ4n) is 3.30. The van der Waals surface area contributed by atoms with Crippen molar-refractivity contribution < 1.29 is 14.1 Å². The predicted molar refractivity (Wildman–Crippen MR) is 120 cm³/mol. The maximum atomic E-state index is 13.5. The first-order valence-corrected chi connectivity index (χ1v) is 10.5. The fourth-order valence-corrected chi connectivity index (χ4v) is 4.19. The van der Waals surface area contributed by atoms with E-state index in [1.807, 2.05) is 41.1 Å². The van der Waals surface area contributed by atoms with Crippen molar-refractivity contribution in [3.05, 3.63) is 100 Å². The number of hydrogen-bond acceptors (Lipinski definition) is 4. The molecule has 1 N–H and O–H groups in total. The maximum absolute atomic E-state index is 13.5. The van der Waals surface area contributed by atoms with E-state index in [1.54, 1.807) is 6.07 Å². The van der Waals surface area contributed by atoms with Gasteiger partial charge in [0.15, 0.2) is 0 Å². The van der Waals surface area contributed by atoms with Crippen molar-refractivity contribution in [2.75, 3.05) is 11.1 Å². The quantitative estimate of drug-likeness (QED) is 0.237. The van der Waals surface area contributed by atoms with Crippen LogP contribution in [0.2, 0.25) is 0 Å². The van der Waals surface area contributed by atoms with Crippen LogP contribution < -0.4 is 5.32 Å². The van der Waals surface area contributed by atoms with Gasteiger partial charge in [-0.05, 0) is 35.9 Å². The average molecular weight is 435 g/mol. The fraction of sp³-hybridized carbons (Fsp3) is 0.0870. The Morgan fingerprint density at radius 2 is 1.84 bits per heavy atom. The maximum Gasteiger partial charge on any atom is 0.269 e. The van der Waals surface area contributed by atoms with E-state index in [0.29, 0.717) is 12.2 Å². The van der Waals surface area contributed by atoms with Gasteiger partial charge in [0.05, 0.1) is 10.7 Å². The van der Waals surface area contributed by atoms with Gasteiger partial charge in [-0.3, -0.25) is 14.9 Å².